The molecule has 0 atom stereocenters. The van der Waals surface area contributed by atoms with Gasteiger partial charge in [-0.2, -0.15) is 9.57 Å². The van der Waals surface area contributed by atoms with Crippen LogP contribution in [0.4, 0.5) is 10.2 Å². The van der Waals surface area contributed by atoms with Crippen molar-refractivity contribution in [2.75, 3.05) is 31.1 Å². The van der Waals surface area contributed by atoms with Gasteiger partial charge in [0, 0.05) is 38.6 Å². The lowest BCUT2D eigenvalue weighted by molar-refractivity contribution is 0.381. The molecule has 2 aromatic rings. The molecule has 7 nitrogen and oxygen atoms in total. The van der Waals surface area contributed by atoms with Gasteiger partial charge in [-0.1, -0.05) is 12.1 Å². The number of nitrogens with zero attached hydrogens (tertiary/aromatic N) is 5. The van der Waals surface area contributed by atoms with Crippen molar-refractivity contribution in [2.45, 2.75) is 4.90 Å². The molecule has 124 valence electrons. The van der Waals surface area contributed by atoms with E-state index in [0.717, 1.165) is 6.07 Å². The van der Waals surface area contributed by atoms with Crippen LogP contribution in [0, 0.1) is 17.1 Å². The minimum Gasteiger partial charge on any atom is -0.352 e. The SMILES string of the molecule is N#Cc1nccnc1N1CCN(S(=O)(=O)c2ccccc2F)CC1. The van der Waals surface area contributed by atoms with Crippen LogP contribution in [0.15, 0.2) is 41.6 Å². The average molecular weight is 347 g/mol. The van der Waals surface area contributed by atoms with E-state index in [-0.39, 0.29) is 23.7 Å². The Balaban J connectivity index is 1.78. The van der Waals surface area contributed by atoms with Crippen molar-refractivity contribution in [1.29, 1.82) is 5.26 Å². The molecule has 0 spiro atoms. The second-order valence-corrected chi connectivity index (χ2v) is 7.07. The summed E-state index contributed by atoms with van der Waals surface area (Å²) in [7, 11) is -3.88. The van der Waals surface area contributed by atoms with Gasteiger partial charge in [-0.15, -0.1) is 0 Å². The number of sulfonamides is 1. The molecule has 0 N–H and O–H groups in total. The summed E-state index contributed by atoms with van der Waals surface area (Å²) in [6.07, 6.45) is 2.92. The molecule has 1 aliphatic rings. The van der Waals surface area contributed by atoms with Crippen molar-refractivity contribution < 1.29 is 12.8 Å². The van der Waals surface area contributed by atoms with Gasteiger partial charge in [0.2, 0.25) is 10.0 Å². The van der Waals surface area contributed by atoms with Crippen LogP contribution in [0.1, 0.15) is 5.69 Å². The molecule has 1 saturated heterocycles. The molecule has 1 aromatic carbocycles. The van der Waals surface area contributed by atoms with Crippen LogP contribution < -0.4 is 4.90 Å². The largest absolute Gasteiger partial charge is 0.352 e. The zero-order valence-electron chi connectivity index (χ0n) is 12.6. The number of benzene rings is 1. The lowest BCUT2D eigenvalue weighted by Gasteiger charge is -2.34. The van der Waals surface area contributed by atoms with Gasteiger partial charge in [0.1, 0.15) is 16.8 Å². The summed E-state index contributed by atoms with van der Waals surface area (Å²) in [6.45, 7) is 1.05. The smallest absolute Gasteiger partial charge is 0.246 e. The molecular weight excluding hydrogens is 333 g/mol. The summed E-state index contributed by atoms with van der Waals surface area (Å²) >= 11 is 0. The molecular formula is C15H14FN5O2S. The highest BCUT2D eigenvalue weighted by Crippen LogP contribution is 2.22. The molecule has 9 heteroatoms. The first kappa shape index (κ1) is 16.3. The molecule has 0 radical (unpaired) electrons. The Morgan fingerprint density at radius 1 is 1.08 bits per heavy atom. The lowest BCUT2D eigenvalue weighted by atomic mass is 10.3. The molecule has 0 unspecified atom stereocenters. The summed E-state index contributed by atoms with van der Waals surface area (Å²) in [6, 6.07) is 7.29. The zero-order chi connectivity index (χ0) is 17.2. The van der Waals surface area contributed by atoms with Crippen LogP contribution in [0.3, 0.4) is 0 Å². The predicted molar refractivity (Wildman–Crippen MR) is 84.1 cm³/mol. The minimum absolute atomic E-state index is 0.179. The average Bonchev–Trinajstić information content (AvgIpc) is 2.62. The topological polar surface area (TPSA) is 90.2 Å². The fraction of sp³-hybridized carbons (Fsp3) is 0.267. The monoisotopic (exact) mass is 347 g/mol. The fourth-order valence-electron chi connectivity index (χ4n) is 2.57. The van der Waals surface area contributed by atoms with Crippen LogP contribution >= 0.6 is 0 Å². The Labute approximate surface area is 139 Å². The fourth-order valence-corrected chi connectivity index (χ4v) is 4.06. The standard InChI is InChI=1S/C15H14FN5O2S/c16-12-3-1-2-4-14(12)24(22,23)21-9-7-20(8-10-21)15-13(11-17)18-5-6-19-15/h1-6H,7-10H2. The first-order valence-corrected chi connectivity index (χ1v) is 8.69. The molecule has 0 saturated carbocycles. The highest BCUT2D eigenvalue weighted by atomic mass is 32.2. The first-order chi connectivity index (χ1) is 11.5. The van der Waals surface area contributed by atoms with Gasteiger partial charge in [0.15, 0.2) is 11.5 Å². The number of aromatic nitrogens is 2. The maximum Gasteiger partial charge on any atom is 0.246 e. The second kappa shape index (κ2) is 6.51. The highest BCUT2D eigenvalue weighted by molar-refractivity contribution is 7.89. The number of hydrogen-bond donors (Lipinski definition) is 0. The van der Waals surface area contributed by atoms with E-state index in [4.69, 9.17) is 5.26 Å². The van der Waals surface area contributed by atoms with Gasteiger partial charge < -0.3 is 4.90 Å². The Kier molecular flexibility index (Phi) is 4.42. The molecule has 1 aliphatic heterocycles. The van der Waals surface area contributed by atoms with E-state index in [0.29, 0.717) is 18.9 Å². The van der Waals surface area contributed by atoms with E-state index in [2.05, 4.69) is 9.97 Å². The third kappa shape index (κ3) is 2.93. The molecule has 0 aliphatic carbocycles. The van der Waals surface area contributed by atoms with Crippen molar-refractivity contribution in [2.24, 2.45) is 0 Å². The van der Waals surface area contributed by atoms with Gasteiger partial charge in [-0.25, -0.2) is 22.8 Å². The van der Waals surface area contributed by atoms with Gasteiger partial charge in [-0.05, 0) is 12.1 Å². The van der Waals surface area contributed by atoms with E-state index in [1.54, 1.807) is 4.90 Å². The van der Waals surface area contributed by atoms with E-state index in [9.17, 15) is 12.8 Å². The second-order valence-electron chi connectivity index (χ2n) is 5.16. The molecule has 0 amide bonds. The summed E-state index contributed by atoms with van der Waals surface area (Å²) in [5.41, 5.74) is 0.197. The van der Waals surface area contributed by atoms with Crippen molar-refractivity contribution in [3.8, 4) is 6.07 Å². The van der Waals surface area contributed by atoms with Crippen LogP contribution in [-0.4, -0.2) is 48.9 Å². The summed E-state index contributed by atoms with van der Waals surface area (Å²) in [5, 5.41) is 9.08. The van der Waals surface area contributed by atoms with E-state index in [1.165, 1.54) is 34.9 Å². The third-order valence-corrected chi connectivity index (χ3v) is 5.71. The predicted octanol–water partition coefficient (Wildman–Crippen LogP) is 0.998. The molecule has 1 aromatic heterocycles. The first-order valence-electron chi connectivity index (χ1n) is 7.25. The number of anilines is 1. The van der Waals surface area contributed by atoms with Crippen LogP contribution in [0.2, 0.25) is 0 Å². The Morgan fingerprint density at radius 2 is 1.75 bits per heavy atom. The maximum absolute atomic E-state index is 13.8. The number of rotatable bonds is 3. The number of nitriles is 1. The van der Waals surface area contributed by atoms with E-state index >= 15 is 0 Å². The van der Waals surface area contributed by atoms with Crippen molar-refractivity contribution in [3.63, 3.8) is 0 Å². The van der Waals surface area contributed by atoms with Gasteiger partial charge in [0.05, 0.1) is 0 Å². The zero-order valence-corrected chi connectivity index (χ0v) is 13.4. The van der Waals surface area contributed by atoms with Crippen molar-refractivity contribution >= 4 is 15.8 Å². The Morgan fingerprint density at radius 3 is 2.42 bits per heavy atom. The quantitative estimate of drug-likeness (QED) is 0.823. The Bertz CT molecular complexity index is 889. The summed E-state index contributed by atoms with van der Waals surface area (Å²) < 4.78 is 40.2. The highest BCUT2D eigenvalue weighted by Gasteiger charge is 2.31. The third-order valence-electron chi connectivity index (χ3n) is 3.78. The number of hydrogen-bond acceptors (Lipinski definition) is 6. The molecule has 1 fully saturated rings. The molecule has 3 rings (SSSR count). The summed E-state index contributed by atoms with van der Waals surface area (Å²) in [4.78, 5) is 9.58. The van der Waals surface area contributed by atoms with Gasteiger partial charge in [0.25, 0.3) is 0 Å². The van der Waals surface area contributed by atoms with Crippen LogP contribution in [0.25, 0.3) is 0 Å². The van der Waals surface area contributed by atoms with E-state index in [1.807, 2.05) is 6.07 Å². The number of halogens is 1. The Hall–Kier alpha value is -2.57. The molecule has 2 heterocycles. The van der Waals surface area contributed by atoms with Crippen LogP contribution in [0.5, 0.6) is 0 Å². The summed E-state index contributed by atoms with van der Waals surface area (Å²) in [5.74, 6) is -0.330. The van der Waals surface area contributed by atoms with Crippen molar-refractivity contribution in [1.82, 2.24) is 14.3 Å². The van der Waals surface area contributed by atoms with Gasteiger partial charge in [-0.3, -0.25) is 0 Å². The van der Waals surface area contributed by atoms with Crippen molar-refractivity contribution in [3.05, 3.63) is 48.2 Å². The minimum atomic E-state index is -3.88. The van der Waals surface area contributed by atoms with Gasteiger partial charge >= 0.3 is 0 Å². The molecule has 24 heavy (non-hydrogen) atoms. The lowest BCUT2D eigenvalue weighted by Crippen LogP contribution is -2.49. The van der Waals surface area contributed by atoms with E-state index < -0.39 is 15.8 Å². The van der Waals surface area contributed by atoms with Crippen LogP contribution in [-0.2, 0) is 10.0 Å². The normalized spacial score (nSPS) is 15.9. The molecule has 0 bridgehead atoms. The maximum atomic E-state index is 13.8. The number of piperazine rings is 1.